The fourth-order valence-corrected chi connectivity index (χ4v) is 6.53. The SMILES string of the molecule is Cc1oc2ncnc(NC3(C)CC3)c2c1C(=O)N1CCC2(CC1)SCc1ccccc12. The Bertz CT molecular complexity index is 1190. The Morgan fingerprint density at radius 1 is 1.16 bits per heavy atom. The number of aryl methyl sites for hydroxylation is 1. The lowest BCUT2D eigenvalue weighted by atomic mass is 9.86. The lowest BCUT2D eigenvalue weighted by Crippen LogP contribution is -2.43. The van der Waals surface area contributed by atoms with Gasteiger partial charge in [-0.25, -0.2) is 9.97 Å². The number of likely N-dealkylation sites (tertiary alicyclic amines) is 1. The zero-order valence-electron chi connectivity index (χ0n) is 17.9. The monoisotopic (exact) mass is 434 g/mol. The predicted octanol–water partition coefficient (Wildman–Crippen LogP) is 4.87. The molecule has 0 radical (unpaired) electrons. The number of rotatable bonds is 3. The van der Waals surface area contributed by atoms with Gasteiger partial charge in [0.05, 0.1) is 10.9 Å². The lowest BCUT2D eigenvalue weighted by molar-refractivity contribution is 0.0704. The maximum absolute atomic E-state index is 13.7. The van der Waals surface area contributed by atoms with E-state index >= 15 is 0 Å². The summed E-state index contributed by atoms with van der Waals surface area (Å²) >= 11 is 2.04. The number of benzene rings is 1. The van der Waals surface area contributed by atoms with Crippen molar-refractivity contribution in [2.45, 2.75) is 55.6 Å². The number of nitrogens with one attached hydrogen (secondary N) is 1. The number of carbonyl (C=O) groups excluding carboxylic acids is 1. The fraction of sp³-hybridized carbons (Fsp3) is 0.458. The van der Waals surface area contributed by atoms with E-state index in [1.165, 1.54) is 17.5 Å². The molecule has 0 bridgehead atoms. The first-order valence-electron chi connectivity index (χ1n) is 11.0. The van der Waals surface area contributed by atoms with Crippen molar-refractivity contribution in [2.75, 3.05) is 18.4 Å². The minimum Gasteiger partial charge on any atom is -0.442 e. The second-order valence-corrected chi connectivity index (χ2v) is 10.7. The average molecular weight is 435 g/mol. The highest BCUT2D eigenvalue weighted by molar-refractivity contribution is 7.99. The summed E-state index contributed by atoms with van der Waals surface area (Å²) in [5.41, 5.74) is 4.06. The zero-order chi connectivity index (χ0) is 21.2. The molecule has 160 valence electrons. The van der Waals surface area contributed by atoms with Crippen molar-refractivity contribution in [2.24, 2.45) is 0 Å². The number of thioether (sulfide) groups is 1. The summed E-state index contributed by atoms with van der Waals surface area (Å²) in [5.74, 6) is 2.42. The molecule has 2 aliphatic heterocycles. The molecule has 1 aliphatic carbocycles. The van der Waals surface area contributed by atoms with Gasteiger partial charge in [-0.1, -0.05) is 24.3 Å². The van der Waals surface area contributed by atoms with Crippen LogP contribution in [0, 0.1) is 6.92 Å². The van der Waals surface area contributed by atoms with Crippen LogP contribution in [0.25, 0.3) is 11.1 Å². The largest absolute Gasteiger partial charge is 0.442 e. The number of anilines is 1. The lowest BCUT2D eigenvalue weighted by Gasteiger charge is -2.39. The highest BCUT2D eigenvalue weighted by Crippen LogP contribution is 2.53. The number of piperidine rings is 1. The van der Waals surface area contributed by atoms with Gasteiger partial charge in [0.25, 0.3) is 5.91 Å². The number of fused-ring (bicyclic) bond motifs is 3. The molecule has 2 aromatic heterocycles. The Morgan fingerprint density at radius 2 is 1.94 bits per heavy atom. The Balaban J connectivity index is 1.29. The molecule has 7 heteroatoms. The van der Waals surface area contributed by atoms with Crippen molar-refractivity contribution >= 4 is 34.6 Å². The third kappa shape index (κ3) is 3.04. The standard InChI is InChI=1S/C24H26N4O2S/c1-15-18(19-20(27-23(2)7-8-23)25-14-26-21(19)30-15)22(29)28-11-9-24(10-12-28)17-6-4-3-5-16(17)13-31-24/h3-6,14H,7-13H2,1-2H3,(H,25,26,27). The molecule has 1 spiro atoms. The van der Waals surface area contributed by atoms with E-state index in [1.807, 2.05) is 23.6 Å². The number of amides is 1. The van der Waals surface area contributed by atoms with Gasteiger partial charge in [-0.15, -0.1) is 11.8 Å². The molecule has 6 rings (SSSR count). The van der Waals surface area contributed by atoms with Crippen LogP contribution in [0.2, 0.25) is 0 Å². The molecular weight excluding hydrogens is 408 g/mol. The van der Waals surface area contributed by atoms with Crippen molar-refractivity contribution in [3.8, 4) is 0 Å². The summed E-state index contributed by atoms with van der Waals surface area (Å²) in [4.78, 5) is 24.4. The first kappa shape index (κ1) is 19.2. The van der Waals surface area contributed by atoms with Gasteiger partial charge >= 0.3 is 0 Å². The molecule has 3 aromatic rings. The molecule has 1 saturated heterocycles. The highest BCUT2D eigenvalue weighted by Gasteiger charge is 2.43. The van der Waals surface area contributed by atoms with Crippen molar-refractivity contribution in [1.82, 2.24) is 14.9 Å². The van der Waals surface area contributed by atoms with Crippen LogP contribution in [-0.4, -0.2) is 39.4 Å². The van der Waals surface area contributed by atoms with Crippen LogP contribution in [0.1, 0.15) is 59.9 Å². The second kappa shape index (κ2) is 6.73. The third-order valence-electron chi connectivity index (χ3n) is 7.17. The van der Waals surface area contributed by atoms with Crippen LogP contribution >= 0.6 is 11.8 Å². The molecule has 1 amide bonds. The average Bonchev–Trinajstić information content (AvgIpc) is 3.25. The van der Waals surface area contributed by atoms with Crippen LogP contribution < -0.4 is 5.32 Å². The van der Waals surface area contributed by atoms with Gasteiger partial charge in [0.2, 0.25) is 5.71 Å². The summed E-state index contributed by atoms with van der Waals surface area (Å²) < 4.78 is 6.03. The molecule has 4 heterocycles. The first-order chi connectivity index (χ1) is 15.0. The number of furan rings is 1. The molecule has 1 aromatic carbocycles. The Hall–Kier alpha value is -2.54. The smallest absolute Gasteiger partial charge is 0.258 e. The van der Waals surface area contributed by atoms with Gasteiger partial charge in [0, 0.05) is 29.1 Å². The maximum atomic E-state index is 13.7. The number of carbonyl (C=O) groups is 1. The van der Waals surface area contributed by atoms with Gasteiger partial charge in [-0.05, 0) is 50.7 Å². The summed E-state index contributed by atoms with van der Waals surface area (Å²) in [5, 5.41) is 4.23. The second-order valence-electron chi connectivity index (χ2n) is 9.35. The molecule has 0 unspecified atom stereocenters. The van der Waals surface area contributed by atoms with E-state index in [1.54, 1.807) is 0 Å². The van der Waals surface area contributed by atoms with Gasteiger partial charge in [0.15, 0.2) is 0 Å². The number of hydrogen-bond acceptors (Lipinski definition) is 6. The molecule has 31 heavy (non-hydrogen) atoms. The molecule has 1 saturated carbocycles. The quantitative estimate of drug-likeness (QED) is 0.634. The number of hydrogen-bond donors (Lipinski definition) is 1. The summed E-state index contributed by atoms with van der Waals surface area (Å²) in [6, 6.07) is 8.78. The van der Waals surface area contributed by atoms with E-state index in [9.17, 15) is 4.79 Å². The van der Waals surface area contributed by atoms with Crippen LogP contribution in [0.15, 0.2) is 35.0 Å². The topological polar surface area (TPSA) is 71.3 Å². The van der Waals surface area contributed by atoms with Crippen LogP contribution in [0.3, 0.4) is 0 Å². The predicted molar refractivity (Wildman–Crippen MR) is 122 cm³/mol. The zero-order valence-corrected chi connectivity index (χ0v) is 18.7. The minimum atomic E-state index is 0.0289. The van der Waals surface area contributed by atoms with E-state index in [4.69, 9.17) is 4.42 Å². The Morgan fingerprint density at radius 3 is 2.71 bits per heavy atom. The molecule has 0 atom stereocenters. The Kier molecular flexibility index (Phi) is 4.16. The maximum Gasteiger partial charge on any atom is 0.258 e. The van der Waals surface area contributed by atoms with Crippen molar-refractivity contribution in [1.29, 1.82) is 0 Å². The molecule has 1 N–H and O–H groups in total. The molecular formula is C24H26N4O2S. The molecule has 3 aliphatic rings. The van der Waals surface area contributed by atoms with Crippen molar-refractivity contribution in [3.05, 3.63) is 53.0 Å². The highest BCUT2D eigenvalue weighted by atomic mass is 32.2. The fourth-order valence-electron chi connectivity index (χ4n) is 5.02. The van der Waals surface area contributed by atoms with Gasteiger partial charge in [0.1, 0.15) is 17.9 Å². The Labute approximate surface area is 185 Å². The van der Waals surface area contributed by atoms with E-state index < -0.39 is 0 Å². The minimum absolute atomic E-state index is 0.0289. The van der Waals surface area contributed by atoms with Gasteiger partial charge < -0.3 is 14.6 Å². The number of nitrogens with zero attached hydrogens (tertiary/aromatic N) is 3. The van der Waals surface area contributed by atoms with E-state index in [-0.39, 0.29) is 16.2 Å². The van der Waals surface area contributed by atoms with Gasteiger partial charge in [-0.2, -0.15) is 0 Å². The first-order valence-corrected chi connectivity index (χ1v) is 12.0. The van der Waals surface area contributed by atoms with Crippen molar-refractivity contribution < 1.29 is 9.21 Å². The van der Waals surface area contributed by atoms with Crippen LogP contribution in [0.4, 0.5) is 5.82 Å². The van der Waals surface area contributed by atoms with Crippen molar-refractivity contribution in [3.63, 3.8) is 0 Å². The van der Waals surface area contributed by atoms with E-state index in [0.717, 1.165) is 49.9 Å². The summed E-state index contributed by atoms with van der Waals surface area (Å²) in [6.45, 7) is 5.53. The normalized spacial score (nSPS) is 20.8. The van der Waals surface area contributed by atoms with E-state index in [0.29, 0.717) is 22.9 Å². The number of aromatic nitrogens is 2. The van der Waals surface area contributed by atoms with Crippen LogP contribution in [-0.2, 0) is 10.5 Å². The van der Waals surface area contributed by atoms with Gasteiger partial charge in [-0.3, -0.25) is 4.79 Å². The molecule has 6 nitrogen and oxygen atoms in total. The van der Waals surface area contributed by atoms with Crippen LogP contribution in [0.5, 0.6) is 0 Å². The third-order valence-corrected chi connectivity index (χ3v) is 8.80. The summed E-state index contributed by atoms with van der Waals surface area (Å²) in [6.07, 6.45) is 5.68. The van der Waals surface area contributed by atoms with E-state index in [2.05, 4.69) is 46.5 Å². The molecule has 2 fully saturated rings. The summed E-state index contributed by atoms with van der Waals surface area (Å²) in [7, 11) is 0.